The van der Waals surface area contributed by atoms with E-state index in [4.69, 9.17) is 4.98 Å². The fourth-order valence-corrected chi connectivity index (χ4v) is 3.39. The van der Waals surface area contributed by atoms with Crippen LogP contribution < -0.4 is 5.32 Å². The molecule has 3 rings (SSSR count). The van der Waals surface area contributed by atoms with Crippen LogP contribution in [0.25, 0.3) is 11.0 Å². The lowest BCUT2D eigenvalue weighted by Crippen LogP contribution is -2.13. The van der Waals surface area contributed by atoms with Crippen molar-refractivity contribution in [3.05, 3.63) is 34.6 Å². The van der Waals surface area contributed by atoms with Gasteiger partial charge in [-0.3, -0.25) is 4.79 Å². The molecule has 0 unspecified atom stereocenters. The Morgan fingerprint density at radius 1 is 1.38 bits per heavy atom. The number of carbonyl (C=O) groups excluding carboxylic acids is 1. The van der Waals surface area contributed by atoms with Crippen LogP contribution in [0, 0.1) is 13.8 Å². The molecule has 0 aliphatic carbocycles. The summed E-state index contributed by atoms with van der Waals surface area (Å²) in [6.07, 6.45) is 4.62. The summed E-state index contributed by atoms with van der Waals surface area (Å²) in [4.78, 5) is 20.9. The van der Waals surface area contributed by atoms with Gasteiger partial charge in [-0.1, -0.05) is 0 Å². The molecule has 7 heteroatoms. The number of hydrogen-bond donors (Lipinski definition) is 1. The molecule has 3 heterocycles. The molecule has 0 aromatic carbocycles. The second kappa shape index (κ2) is 6.68. The largest absolute Gasteiger partial charge is 0.302 e. The maximum Gasteiger partial charge on any atom is 0.226 e. The fraction of sp³-hybridized carbons (Fsp3) is 0.412. The summed E-state index contributed by atoms with van der Waals surface area (Å²) in [7, 11) is 0. The van der Waals surface area contributed by atoms with E-state index in [1.54, 1.807) is 6.20 Å². The lowest BCUT2D eigenvalue weighted by Gasteiger charge is -2.12. The Hall–Kier alpha value is -2.28. The molecule has 1 N–H and O–H groups in total. The molecule has 3 aromatic rings. The average molecular weight is 343 g/mol. The van der Waals surface area contributed by atoms with Gasteiger partial charge in [-0.15, -0.1) is 11.3 Å². The molecular weight excluding hydrogens is 322 g/mol. The number of amides is 1. The second-order valence-electron chi connectivity index (χ2n) is 6.11. The van der Waals surface area contributed by atoms with Crippen molar-refractivity contribution in [1.29, 1.82) is 0 Å². The van der Waals surface area contributed by atoms with E-state index in [1.807, 2.05) is 23.2 Å². The van der Waals surface area contributed by atoms with Crippen molar-refractivity contribution in [2.24, 2.45) is 0 Å². The number of aryl methyl sites for hydroxylation is 2. The molecule has 24 heavy (non-hydrogen) atoms. The summed E-state index contributed by atoms with van der Waals surface area (Å²) < 4.78 is 1.94. The molecule has 0 radical (unpaired) electrons. The predicted molar refractivity (Wildman–Crippen MR) is 96.5 cm³/mol. The standard InChI is InChI=1S/C17H21N5OS/c1-10(2)22-16-14(9-19-22)11(3)13(12(4)20-16)5-6-15(23)21-17-18-7-8-24-17/h7-10H,5-6H2,1-4H3,(H,18,21,23). The summed E-state index contributed by atoms with van der Waals surface area (Å²) in [6, 6.07) is 0.267. The first-order valence-corrected chi connectivity index (χ1v) is 8.88. The Kier molecular flexibility index (Phi) is 4.62. The summed E-state index contributed by atoms with van der Waals surface area (Å²) in [5.74, 6) is -0.0262. The van der Waals surface area contributed by atoms with E-state index in [2.05, 4.69) is 36.2 Å². The van der Waals surface area contributed by atoms with E-state index in [9.17, 15) is 4.79 Å². The van der Waals surface area contributed by atoms with Crippen LogP contribution in [0.1, 0.15) is 43.1 Å². The zero-order chi connectivity index (χ0) is 17.3. The van der Waals surface area contributed by atoms with Crippen LogP contribution in [0.3, 0.4) is 0 Å². The fourth-order valence-electron chi connectivity index (χ4n) is 2.84. The van der Waals surface area contributed by atoms with Crippen LogP contribution in [-0.2, 0) is 11.2 Å². The number of carbonyl (C=O) groups is 1. The minimum Gasteiger partial charge on any atom is -0.302 e. The van der Waals surface area contributed by atoms with Crippen LogP contribution in [-0.4, -0.2) is 25.7 Å². The summed E-state index contributed by atoms with van der Waals surface area (Å²) in [5, 5.41) is 10.8. The Bertz CT molecular complexity index is 867. The van der Waals surface area contributed by atoms with Gasteiger partial charge < -0.3 is 5.32 Å². The molecule has 3 aromatic heterocycles. The smallest absolute Gasteiger partial charge is 0.226 e. The molecule has 1 amide bonds. The molecule has 0 fully saturated rings. The van der Waals surface area contributed by atoms with Crippen LogP contribution in [0.5, 0.6) is 0 Å². The third-order valence-corrected chi connectivity index (χ3v) is 4.79. The molecule has 0 bridgehead atoms. The van der Waals surface area contributed by atoms with Gasteiger partial charge in [-0.2, -0.15) is 5.10 Å². The second-order valence-corrected chi connectivity index (χ2v) is 7.00. The highest BCUT2D eigenvalue weighted by atomic mass is 32.1. The molecule has 0 atom stereocenters. The van der Waals surface area contributed by atoms with Crippen molar-refractivity contribution in [2.45, 2.75) is 46.6 Å². The normalized spacial score (nSPS) is 11.4. The number of aromatic nitrogens is 4. The maximum atomic E-state index is 12.1. The van der Waals surface area contributed by atoms with Crippen LogP contribution in [0.4, 0.5) is 5.13 Å². The number of nitrogens with one attached hydrogen (secondary N) is 1. The lowest BCUT2D eigenvalue weighted by molar-refractivity contribution is -0.116. The zero-order valence-corrected chi connectivity index (χ0v) is 15.1. The Labute approximate surface area is 144 Å². The first-order chi connectivity index (χ1) is 11.5. The Balaban J connectivity index is 1.81. The van der Waals surface area contributed by atoms with Gasteiger partial charge in [0.05, 0.1) is 6.20 Å². The number of thiazole rings is 1. The molecule has 0 saturated carbocycles. The topological polar surface area (TPSA) is 72.7 Å². The van der Waals surface area contributed by atoms with E-state index in [0.717, 1.165) is 27.9 Å². The zero-order valence-electron chi connectivity index (χ0n) is 14.3. The number of hydrogen-bond acceptors (Lipinski definition) is 5. The van der Waals surface area contributed by atoms with E-state index >= 15 is 0 Å². The van der Waals surface area contributed by atoms with Gasteiger partial charge >= 0.3 is 0 Å². The first kappa shape index (κ1) is 16.6. The third kappa shape index (κ3) is 3.17. The average Bonchev–Trinajstić information content (AvgIpc) is 3.16. The third-order valence-electron chi connectivity index (χ3n) is 4.11. The highest BCUT2D eigenvalue weighted by Crippen LogP contribution is 2.25. The number of fused-ring (bicyclic) bond motifs is 1. The monoisotopic (exact) mass is 343 g/mol. The Morgan fingerprint density at radius 2 is 2.17 bits per heavy atom. The maximum absolute atomic E-state index is 12.1. The molecule has 0 spiro atoms. The van der Waals surface area contributed by atoms with E-state index < -0.39 is 0 Å². The number of rotatable bonds is 5. The van der Waals surface area contributed by atoms with Gasteiger partial charge in [0.1, 0.15) is 0 Å². The molecule has 6 nitrogen and oxygen atoms in total. The lowest BCUT2D eigenvalue weighted by atomic mass is 10.0. The minimum absolute atomic E-state index is 0.0262. The van der Waals surface area contributed by atoms with Crippen molar-refractivity contribution < 1.29 is 4.79 Å². The number of anilines is 1. The van der Waals surface area contributed by atoms with Gasteiger partial charge in [-0.05, 0) is 45.2 Å². The number of pyridine rings is 1. The van der Waals surface area contributed by atoms with Crippen molar-refractivity contribution in [3.63, 3.8) is 0 Å². The SMILES string of the molecule is Cc1nc2c(cnn2C(C)C)c(C)c1CCC(=O)Nc1nccs1. The van der Waals surface area contributed by atoms with Crippen LogP contribution >= 0.6 is 11.3 Å². The van der Waals surface area contributed by atoms with Crippen LogP contribution in [0.15, 0.2) is 17.8 Å². The van der Waals surface area contributed by atoms with Crippen molar-refractivity contribution >= 4 is 33.4 Å². The van der Waals surface area contributed by atoms with E-state index in [-0.39, 0.29) is 11.9 Å². The van der Waals surface area contributed by atoms with Crippen molar-refractivity contribution in [3.8, 4) is 0 Å². The van der Waals surface area contributed by atoms with Gasteiger partial charge in [-0.25, -0.2) is 14.6 Å². The molecule has 0 saturated heterocycles. The Morgan fingerprint density at radius 3 is 2.83 bits per heavy atom. The van der Waals surface area contributed by atoms with Crippen LogP contribution in [0.2, 0.25) is 0 Å². The molecule has 0 aliphatic rings. The predicted octanol–water partition coefficient (Wildman–Crippen LogP) is 3.66. The van der Waals surface area contributed by atoms with Crippen molar-refractivity contribution in [2.75, 3.05) is 5.32 Å². The summed E-state index contributed by atoms with van der Waals surface area (Å²) >= 11 is 1.42. The van der Waals surface area contributed by atoms with Gasteiger partial charge in [0, 0.05) is 35.1 Å². The highest BCUT2D eigenvalue weighted by molar-refractivity contribution is 7.13. The van der Waals surface area contributed by atoms with E-state index in [1.165, 1.54) is 11.3 Å². The first-order valence-electron chi connectivity index (χ1n) is 8.00. The minimum atomic E-state index is -0.0262. The molecule has 0 aliphatic heterocycles. The van der Waals surface area contributed by atoms with Gasteiger partial charge in [0.25, 0.3) is 0 Å². The van der Waals surface area contributed by atoms with Gasteiger partial charge in [0.2, 0.25) is 5.91 Å². The van der Waals surface area contributed by atoms with Gasteiger partial charge in [0.15, 0.2) is 10.8 Å². The molecular formula is C17H21N5OS. The molecule has 126 valence electrons. The summed E-state index contributed by atoms with van der Waals surface area (Å²) in [5.41, 5.74) is 4.16. The number of nitrogens with zero attached hydrogens (tertiary/aromatic N) is 4. The summed E-state index contributed by atoms with van der Waals surface area (Å²) in [6.45, 7) is 8.26. The quantitative estimate of drug-likeness (QED) is 0.767. The highest BCUT2D eigenvalue weighted by Gasteiger charge is 2.15. The van der Waals surface area contributed by atoms with E-state index in [0.29, 0.717) is 18.0 Å². The van der Waals surface area contributed by atoms with Crippen molar-refractivity contribution in [1.82, 2.24) is 19.7 Å².